The Morgan fingerprint density at radius 1 is 1.23 bits per heavy atom. The third-order valence-corrected chi connectivity index (χ3v) is 5.30. The standard InChI is InChI=1S/C19H23N5O2/c1-23-11-16(10-21-23)14-4-5-15-12-24(22-18(15)8-14)17-6-2-13(3-7-17)9-20-19(25)26/h4-5,8,10-13,17,20H,2-3,6-7,9H2,1H3,(H,25,26). The lowest BCUT2D eigenvalue weighted by molar-refractivity contribution is 0.187. The first kappa shape index (κ1) is 16.6. The van der Waals surface area contributed by atoms with Gasteiger partial charge in [0.25, 0.3) is 0 Å². The molecular weight excluding hydrogens is 330 g/mol. The topological polar surface area (TPSA) is 85.0 Å². The molecule has 2 heterocycles. The van der Waals surface area contributed by atoms with Gasteiger partial charge in [-0.05, 0) is 43.2 Å². The lowest BCUT2D eigenvalue weighted by Crippen LogP contribution is -2.30. The van der Waals surface area contributed by atoms with Gasteiger partial charge in [0.05, 0.1) is 17.8 Å². The molecule has 0 bridgehead atoms. The van der Waals surface area contributed by atoms with Crippen LogP contribution in [0, 0.1) is 5.92 Å². The summed E-state index contributed by atoms with van der Waals surface area (Å²) in [7, 11) is 1.92. The smallest absolute Gasteiger partial charge is 0.404 e. The Kier molecular flexibility index (Phi) is 4.36. The zero-order valence-corrected chi connectivity index (χ0v) is 14.8. The largest absolute Gasteiger partial charge is 0.465 e. The van der Waals surface area contributed by atoms with Gasteiger partial charge in [0.2, 0.25) is 0 Å². The molecule has 0 aliphatic heterocycles. The first-order valence-corrected chi connectivity index (χ1v) is 9.03. The fraction of sp³-hybridized carbons (Fsp3) is 0.421. The van der Waals surface area contributed by atoms with Crippen LogP contribution in [0.4, 0.5) is 4.79 Å². The zero-order chi connectivity index (χ0) is 18.1. The fourth-order valence-corrected chi connectivity index (χ4v) is 3.82. The second kappa shape index (κ2) is 6.82. The number of aromatic nitrogens is 4. The van der Waals surface area contributed by atoms with E-state index in [1.54, 1.807) is 4.68 Å². The van der Waals surface area contributed by atoms with Crippen molar-refractivity contribution in [2.45, 2.75) is 31.7 Å². The molecule has 2 aromatic heterocycles. The summed E-state index contributed by atoms with van der Waals surface area (Å²) in [6, 6.07) is 6.74. The summed E-state index contributed by atoms with van der Waals surface area (Å²) >= 11 is 0. The van der Waals surface area contributed by atoms with E-state index in [-0.39, 0.29) is 0 Å². The first-order chi connectivity index (χ1) is 12.6. The average molecular weight is 353 g/mol. The van der Waals surface area contributed by atoms with Crippen LogP contribution >= 0.6 is 0 Å². The number of nitrogens with zero attached hydrogens (tertiary/aromatic N) is 4. The molecule has 0 saturated heterocycles. The number of carbonyl (C=O) groups is 1. The Bertz CT molecular complexity index is 921. The molecule has 7 heteroatoms. The molecule has 0 spiro atoms. The number of benzene rings is 1. The van der Waals surface area contributed by atoms with Crippen LogP contribution in [-0.4, -0.2) is 37.3 Å². The van der Waals surface area contributed by atoms with Crippen molar-refractivity contribution in [1.82, 2.24) is 24.9 Å². The SMILES string of the molecule is Cn1cc(-c2ccc3cn(C4CCC(CNC(=O)O)CC4)nc3c2)cn1. The maximum Gasteiger partial charge on any atom is 0.404 e. The monoisotopic (exact) mass is 353 g/mol. The van der Waals surface area contributed by atoms with E-state index in [0.29, 0.717) is 18.5 Å². The van der Waals surface area contributed by atoms with Gasteiger partial charge in [-0.25, -0.2) is 4.79 Å². The van der Waals surface area contributed by atoms with Gasteiger partial charge in [0, 0.05) is 36.9 Å². The lowest BCUT2D eigenvalue weighted by atomic mass is 9.86. The normalized spacial score (nSPS) is 20.3. The molecule has 26 heavy (non-hydrogen) atoms. The van der Waals surface area contributed by atoms with Crippen molar-refractivity contribution in [3.05, 3.63) is 36.8 Å². The highest BCUT2D eigenvalue weighted by molar-refractivity contribution is 5.83. The fourth-order valence-electron chi connectivity index (χ4n) is 3.82. The van der Waals surface area contributed by atoms with Gasteiger partial charge >= 0.3 is 6.09 Å². The summed E-state index contributed by atoms with van der Waals surface area (Å²) in [5.41, 5.74) is 3.22. The Labute approximate surface area is 151 Å². The Balaban J connectivity index is 1.47. The first-order valence-electron chi connectivity index (χ1n) is 9.03. The van der Waals surface area contributed by atoms with Gasteiger partial charge in [0.1, 0.15) is 0 Å². The van der Waals surface area contributed by atoms with Crippen molar-refractivity contribution in [3.8, 4) is 11.1 Å². The minimum absolute atomic E-state index is 0.394. The molecule has 3 aromatic rings. The molecule has 1 aliphatic carbocycles. The molecule has 1 saturated carbocycles. The van der Waals surface area contributed by atoms with Gasteiger partial charge in [-0.15, -0.1) is 0 Å². The molecular formula is C19H23N5O2. The Hall–Kier alpha value is -2.83. The molecule has 0 atom stereocenters. The second-order valence-electron chi connectivity index (χ2n) is 7.15. The van der Waals surface area contributed by atoms with E-state index in [0.717, 1.165) is 47.7 Å². The molecule has 0 unspecified atom stereocenters. The van der Waals surface area contributed by atoms with Crippen molar-refractivity contribution in [3.63, 3.8) is 0 Å². The van der Waals surface area contributed by atoms with Crippen molar-refractivity contribution in [2.24, 2.45) is 13.0 Å². The Morgan fingerprint density at radius 3 is 2.73 bits per heavy atom. The van der Waals surface area contributed by atoms with Gasteiger partial charge in [-0.2, -0.15) is 10.2 Å². The number of aryl methyl sites for hydroxylation is 1. The molecule has 136 valence electrons. The highest BCUT2D eigenvalue weighted by atomic mass is 16.4. The van der Waals surface area contributed by atoms with Gasteiger partial charge in [-0.1, -0.05) is 12.1 Å². The van der Waals surface area contributed by atoms with Gasteiger partial charge in [0.15, 0.2) is 0 Å². The van der Waals surface area contributed by atoms with Crippen molar-refractivity contribution >= 4 is 17.0 Å². The van der Waals surface area contributed by atoms with Crippen LogP contribution in [-0.2, 0) is 7.05 Å². The number of hydrogen-bond donors (Lipinski definition) is 2. The minimum atomic E-state index is -0.935. The van der Waals surface area contributed by atoms with Crippen LogP contribution in [0.1, 0.15) is 31.7 Å². The molecule has 1 fully saturated rings. The molecule has 1 amide bonds. The van der Waals surface area contributed by atoms with Crippen LogP contribution in [0.25, 0.3) is 22.0 Å². The number of hydrogen-bond acceptors (Lipinski definition) is 3. The van der Waals surface area contributed by atoms with E-state index in [4.69, 9.17) is 10.2 Å². The maximum absolute atomic E-state index is 10.6. The highest BCUT2D eigenvalue weighted by Gasteiger charge is 2.23. The van der Waals surface area contributed by atoms with Gasteiger partial charge < -0.3 is 10.4 Å². The summed E-state index contributed by atoms with van der Waals surface area (Å²) < 4.78 is 3.90. The predicted molar refractivity (Wildman–Crippen MR) is 99.0 cm³/mol. The highest BCUT2D eigenvalue weighted by Crippen LogP contribution is 2.33. The summed E-state index contributed by atoms with van der Waals surface area (Å²) in [5.74, 6) is 0.435. The number of fused-ring (bicyclic) bond motifs is 1. The lowest BCUT2D eigenvalue weighted by Gasteiger charge is -2.28. The Morgan fingerprint density at radius 2 is 2.04 bits per heavy atom. The molecule has 7 nitrogen and oxygen atoms in total. The summed E-state index contributed by atoms with van der Waals surface area (Å²) in [5, 5.41) is 21.4. The predicted octanol–water partition coefficient (Wildman–Crippen LogP) is 3.44. The quantitative estimate of drug-likeness (QED) is 0.752. The van der Waals surface area contributed by atoms with Gasteiger partial charge in [-0.3, -0.25) is 9.36 Å². The average Bonchev–Trinajstić information content (AvgIpc) is 3.25. The van der Waals surface area contributed by atoms with Crippen LogP contribution in [0.5, 0.6) is 0 Å². The molecule has 2 N–H and O–H groups in total. The van der Waals surface area contributed by atoms with E-state index >= 15 is 0 Å². The molecule has 1 aliphatic rings. The third-order valence-electron chi connectivity index (χ3n) is 5.30. The summed E-state index contributed by atoms with van der Waals surface area (Å²) in [6.07, 6.45) is 9.20. The zero-order valence-electron chi connectivity index (χ0n) is 14.8. The van der Waals surface area contributed by atoms with Crippen molar-refractivity contribution in [1.29, 1.82) is 0 Å². The maximum atomic E-state index is 10.6. The minimum Gasteiger partial charge on any atom is -0.465 e. The van der Waals surface area contributed by atoms with E-state index in [1.807, 2.05) is 19.4 Å². The third kappa shape index (κ3) is 3.42. The summed E-state index contributed by atoms with van der Waals surface area (Å²) in [4.78, 5) is 10.6. The van der Waals surface area contributed by atoms with E-state index in [1.165, 1.54) is 0 Å². The second-order valence-corrected chi connectivity index (χ2v) is 7.15. The number of carboxylic acid groups (broad SMARTS) is 1. The van der Waals surface area contributed by atoms with Crippen molar-refractivity contribution in [2.75, 3.05) is 6.54 Å². The van der Waals surface area contributed by atoms with E-state index < -0.39 is 6.09 Å². The molecule has 0 radical (unpaired) electrons. The molecule has 4 rings (SSSR count). The van der Waals surface area contributed by atoms with Crippen molar-refractivity contribution < 1.29 is 9.90 Å². The van der Waals surface area contributed by atoms with Crippen LogP contribution in [0.3, 0.4) is 0 Å². The number of amides is 1. The van der Waals surface area contributed by atoms with E-state index in [2.05, 4.69) is 39.5 Å². The number of nitrogens with one attached hydrogen (secondary N) is 1. The summed E-state index contributed by atoms with van der Waals surface area (Å²) in [6.45, 7) is 0.553. The molecule has 1 aromatic carbocycles. The van der Waals surface area contributed by atoms with Crippen LogP contribution < -0.4 is 5.32 Å². The number of rotatable bonds is 4. The van der Waals surface area contributed by atoms with E-state index in [9.17, 15) is 4.79 Å². The van der Waals surface area contributed by atoms with Crippen LogP contribution in [0.15, 0.2) is 36.8 Å². The van der Waals surface area contributed by atoms with Crippen LogP contribution in [0.2, 0.25) is 0 Å².